The predicted octanol–water partition coefficient (Wildman–Crippen LogP) is 2.32. The molecule has 0 aliphatic rings. The van der Waals surface area contributed by atoms with Gasteiger partial charge in [0.15, 0.2) is 0 Å². The van der Waals surface area contributed by atoms with E-state index < -0.39 is 5.54 Å². The highest BCUT2D eigenvalue weighted by molar-refractivity contribution is 7.09. The van der Waals surface area contributed by atoms with Crippen LogP contribution in [0.2, 0.25) is 0 Å². The molecule has 0 fully saturated rings. The maximum atomic E-state index is 12.1. The van der Waals surface area contributed by atoms with E-state index in [4.69, 9.17) is 5.73 Å². The molecular weight excluding hydrogens is 258 g/mol. The lowest BCUT2D eigenvalue weighted by Gasteiger charge is -2.24. The number of anilines is 1. The van der Waals surface area contributed by atoms with Gasteiger partial charge in [-0.3, -0.25) is 4.79 Å². The topological polar surface area (TPSA) is 68.0 Å². The monoisotopic (exact) mass is 275 g/mol. The Morgan fingerprint density at radius 2 is 2.16 bits per heavy atom. The van der Waals surface area contributed by atoms with Crippen LogP contribution in [0, 0.1) is 0 Å². The zero-order valence-corrected chi connectivity index (χ0v) is 11.8. The van der Waals surface area contributed by atoms with Crippen LogP contribution >= 0.6 is 11.3 Å². The first kappa shape index (κ1) is 13.5. The molecule has 0 spiro atoms. The number of benzene rings is 1. The fourth-order valence-corrected chi connectivity index (χ4v) is 2.56. The number of amides is 1. The van der Waals surface area contributed by atoms with E-state index in [1.807, 2.05) is 37.4 Å². The maximum Gasteiger partial charge on any atom is 0.225 e. The van der Waals surface area contributed by atoms with Crippen molar-refractivity contribution < 1.29 is 4.79 Å². The summed E-state index contributed by atoms with van der Waals surface area (Å²) in [6, 6.07) is 7.40. The largest absolute Gasteiger partial charge is 0.398 e. The second-order valence-corrected chi connectivity index (χ2v) is 5.78. The summed E-state index contributed by atoms with van der Waals surface area (Å²) in [4.78, 5) is 16.3. The minimum absolute atomic E-state index is 0.0573. The smallest absolute Gasteiger partial charge is 0.225 e. The summed E-state index contributed by atoms with van der Waals surface area (Å²) < 4.78 is 0. The maximum absolute atomic E-state index is 12.1. The number of rotatable bonds is 4. The zero-order valence-electron chi connectivity index (χ0n) is 11.0. The Morgan fingerprint density at radius 3 is 2.79 bits per heavy atom. The molecule has 3 N–H and O–H groups in total. The summed E-state index contributed by atoms with van der Waals surface area (Å²) in [5.41, 5.74) is 6.86. The molecule has 0 bridgehead atoms. The summed E-state index contributed by atoms with van der Waals surface area (Å²) in [7, 11) is 0. The lowest BCUT2D eigenvalue weighted by Crippen LogP contribution is -2.41. The van der Waals surface area contributed by atoms with E-state index in [1.54, 1.807) is 12.3 Å². The molecule has 2 rings (SSSR count). The first-order chi connectivity index (χ1) is 8.99. The molecule has 1 heterocycles. The SMILES string of the molecule is CC(C)(NC(=O)Cc1ccccc1N)c1nccs1. The van der Waals surface area contributed by atoms with Crippen LogP contribution in [0.5, 0.6) is 0 Å². The van der Waals surface area contributed by atoms with Gasteiger partial charge in [0.1, 0.15) is 5.01 Å². The van der Waals surface area contributed by atoms with Crippen molar-refractivity contribution in [2.45, 2.75) is 25.8 Å². The first-order valence-electron chi connectivity index (χ1n) is 6.03. The van der Waals surface area contributed by atoms with Crippen LogP contribution in [0.4, 0.5) is 5.69 Å². The van der Waals surface area contributed by atoms with Crippen molar-refractivity contribution in [3.63, 3.8) is 0 Å². The third kappa shape index (κ3) is 3.32. The molecule has 0 aliphatic carbocycles. The molecule has 19 heavy (non-hydrogen) atoms. The molecule has 1 aromatic heterocycles. The Balaban J connectivity index is 2.04. The number of hydrogen-bond acceptors (Lipinski definition) is 4. The summed E-state index contributed by atoms with van der Waals surface area (Å²) in [5, 5.41) is 5.78. The highest BCUT2D eigenvalue weighted by Gasteiger charge is 2.25. The fourth-order valence-electron chi connectivity index (χ4n) is 1.85. The molecule has 0 atom stereocenters. The van der Waals surface area contributed by atoms with Gasteiger partial charge in [-0.05, 0) is 25.5 Å². The van der Waals surface area contributed by atoms with Crippen LogP contribution < -0.4 is 11.1 Å². The number of aromatic nitrogens is 1. The van der Waals surface area contributed by atoms with Crippen LogP contribution in [0.25, 0.3) is 0 Å². The van der Waals surface area contributed by atoms with Gasteiger partial charge in [-0.2, -0.15) is 0 Å². The van der Waals surface area contributed by atoms with Crippen molar-refractivity contribution in [2.75, 3.05) is 5.73 Å². The molecule has 100 valence electrons. The number of thiazole rings is 1. The molecule has 0 unspecified atom stereocenters. The quantitative estimate of drug-likeness (QED) is 0.841. The second kappa shape index (κ2) is 5.40. The molecule has 1 amide bonds. The van der Waals surface area contributed by atoms with E-state index in [9.17, 15) is 4.79 Å². The second-order valence-electron chi connectivity index (χ2n) is 4.89. The van der Waals surface area contributed by atoms with Gasteiger partial charge in [-0.15, -0.1) is 11.3 Å². The van der Waals surface area contributed by atoms with Gasteiger partial charge in [0.05, 0.1) is 12.0 Å². The van der Waals surface area contributed by atoms with E-state index in [2.05, 4.69) is 10.3 Å². The summed E-state index contributed by atoms with van der Waals surface area (Å²) >= 11 is 1.53. The van der Waals surface area contributed by atoms with Crippen molar-refractivity contribution in [1.82, 2.24) is 10.3 Å². The number of carbonyl (C=O) groups is 1. The van der Waals surface area contributed by atoms with E-state index in [-0.39, 0.29) is 12.3 Å². The molecular formula is C14H17N3OS. The highest BCUT2D eigenvalue weighted by Crippen LogP contribution is 2.22. The number of para-hydroxylation sites is 1. The number of nitrogens with two attached hydrogens (primary N) is 1. The molecule has 0 saturated heterocycles. The van der Waals surface area contributed by atoms with Crippen LogP contribution in [-0.4, -0.2) is 10.9 Å². The van der Waals surface area contributed by atoms with Gasteiger partial charge < -0.3 is 11.1 Å². The van der Waals surface area contributed by atoms with E-state index in [1.165, 1.54) is 11.3 Å². The third-order valence-electron chi connectivity index (χ3n) is 2.83. The number of carbonyl (C=O) groups excluding carboxylic acids is 1. The van der Waals surface area contributed by atoms with E-state index >= 15 is 0 Å². The highest BCUT2D eigenvalue weighted by atomic mass is 32.1. The molecule has 2 aromatic rings. The van der Waals surface area contributed by atoms with Gasteiger partial charge in [-0.1, -0.05) is 18.2 Å². The molecule has 5 heteroatoms. The summed E-state index contributed by atoms with van der Waals surface area (Å²) in [6.45, 7) is 3.89. The van der Waals surface area contributed by atoms with Crippen molar-refractivity contribution in [1.29, 1.82) is 0 Å². The fraction of sp³-hybridized carbons (Fsp3) is 0.286. The van der Waals surface area contributed by atoms with Crippen molar-refractivity contribution in [2.24, 2.45) is 0 Å². The van der Waals surface area contributed by atoms with Crippen LogP contribution in [0.1, 0.15) is 24.4 Å². The molecule has 0 aliphatic heterocycles. The predicted molar refractivity (Wildman–Crippen MR) is 77.8 cm³/mol. The standard InChI is InChI=1S/C14H17N3OS/c1-14(2,13-16-7-8-19-13)17-12(18)9-10-5-3-4-6-11(10)15/h3-8H,9,15H2,1-2H3,(H,17,18). The normalized spacial score (nSPS) is 11.3. The average Bonchev–Trinajstić information content (AvgIpc) is 2.85. The van der Waals surface area contributed by atoms with Crippen molar-refractivity contribution >= 4 is 22.9 Å². The van der Waals surface area contributed by atoms with Gasteiger partial charge in [0.2, 0.25) is 5.91 Å². The number of nitrogens with one attached hydrogen (secondary N) is 1. The molecule has 0 radical (unpaired) electrons. The van der Waals surface area contributed by atoms with Crippen LogP contribution in [0.15, 0.2) is 35.8 Å². The minimum atomic E-state index is -0.463. The van der Waals surface area contributed by atoms with Gasteiger partial charge in [0, 0.05) is 17.3 Å². The number of hydrogen-bond donors (Lipinski definition) is 2. The average molecular weight is 275 g/mol. The minimum Gasteiger partial charge on any atom is -0.398 e. The number of nitrogens with zero attached hydrogens (tertiary/aromatic N) is 1. The summed E-state index contributed by atoms with van der Waals surface area (Å²) in [6.07, 6.45) is 2.02. The molecule has 4 nitrogen and oxygen atoms in total. The van der Waals surface area contributed by atoms with Gasteiger partial charge in [0.25, 0.3) is 0 Å². The van der Waals surface area contributed by atoms with Crippen molar-refractivity contribution in [3.8, 4) is 0 Å². The first-order valence-corrected chi connectivity index (χ1v) is 6.91. The van der Waals surface area contributed by atoms with Crippen LogP contribution in [-0.2, 0) is 16.8 Å². The summed E-state index contributed by atoms with van der Waals surface area (Å²) in [5.74, 6) is -0.0573. The Morgan fingerprint density at radius 1 is 1.42 bits per heavy atom. The Kier molecular flexibility index (Phi) is 3.85. The lowest BCUT2D eigenvalue weighted by atomic mass is 10.0. The van der Waals surface area contributed by atoms with E-state index in [0.717, 1.165) is 10.6 Å². The van der Waals surface area contributed by atoms with Crippen molar-refractivity contribution in [3.05, 3.63) is 46.4 Å². The third-order valence-corrected chi connectivity index (χ3v) is 3.92. The van der Waals surface area contributed by atoms with Gasteiger partial charge >= 0.3 is 0 Å². The Bertz CT molecular complexity index is 564. The van der Waals surface area contributed by atoms with Crippen LogP contribution in [0.3, 0.4) is 0 Å². The Hall–Kier alpha value is -1.88. The Labute approximate surface area is 116 Å². The van der Waals surface area contributed by atoms with E-state index in [0.29, 0.717) is 5.69 Å². The zero-order chi connectivity index (χ0) is 13.9. The van der Waals surface area contributed by atoms with Gasteiger partial charge in [-0.25, -0.2) is 4.98 Å². The number of nitrogen functional groups attached to an aromatic ring is 1. The molecule has 0 saturated carbocycles. The lowest BCUT2D eigenvalue weighted by molar-refractivity contribution is -0.122. The molecule has 1 aromatic carbocycles.